The molecule has 1 amide bonds. The van der Waals surface area contributed by atoms with Gasteiger partial charge in [-0.15, -0.1) is 23.7 Å². The van der Waals surface area contributed by atoms with Crippen LogP contribution in [0.4, 0.5) is 0 Å². The first-order chi connectivity index (χ1) is 7.77. The highest BCUT2D eigenvalue weighted by Gasteiger charge is 2.22. The van der Waals surface area contributed by atoms with E-state index < -0.39 is 0 Å². The average molecular weight is 275 g/mol. The minimum atomic E-state index is 0. The van der Waals surface area contributed by atoms with Gasteiger partial charge in [-0.2, -0.15) is 0 Å². The van der Waals surface area contributed by atoms with Crippen LogP contribution in [0.3, 0.4) is 0 Å². The van der Waals surface area contributed by atoms with Crippen molar-refractivity contribution in [3.63, 3.8) is 0 Å². The molecule has 1 aromatic heterocycles. The van der Waals surface area contributed by atoms with Crippen LogP contribution in [0.15, 0.2) is 17.5 Å². The third-order valence-corrected chi connectivity index (χ3v) is 4.08. The lowest BCUT2D eigenvalue weighted by atomic mass is 10.2. The molecule has 5 heteroatoms. The standard InChI is InChI=1S/C12H18N2OS.ClH/c1-14(10-6-7-13-9-10)12(15)5-4-11-3-2-8-16-11;/h2-3,8,10,13H,4-7,9H2,1H3;1H. The van der Waals surface area contributed by atoms with Crippen LogP contribution in [0, 0.1) is 0 Å². The summed E-state index contributed by atoms with van der Waals surface area (Å²) in [4.78, 5) is 15.1. The molecule has 0 spiro atoms. The third-order valence-electron chi connectivity index (χ3n) is 3.14. The number of carbonyl (C=O) groups excluding carboxylic acids is 1. The van der Waals surface area contributed by atoms with E-state index in [-0.39, 0.29) is 18.3 Å². The van der Waals surface area contributed by atoms with Gasteiger partial charge in [-0.1, -0.05) is 6.07 Å². The first-order valence-corrected chi connectivity index (χ1v) is 6.64. The number of thiophene rings is 1. The minimum Gasteiger partial charge on any atom is -0.341 e. The van der Waals surface area contributed by atoms with Crippen LogP contribution in [0.1, 0.15) is 17.7 Å². The number of nitrogens with zero attached hydrogens (tertiary/aromatic N) is 1. The highest BCUT2D eigenvalue weighted by Crippen LogP contribution is 2.13. The van der Waals surface area contributed by atoms with Gasteiger partial charge in [-0.3, -0.25) is 4.79 Å². The zero-order valence-corrected chi connectivity index (χ0v) is 11.6. The topological polar surface area (TPSA) is 32.3 Å². The molecule has 3 nitrogen and oxygen atoms in total. The van der Waals surface area contributed by atoms with Crippen LogP contribution in [0.25, 0.3) is 0 Å². The molecule has 1 N–H and O–H groups in total. The monoisotopic (exact) mass is 274 g/mol. The maximum atomic E-state index is 11.9. The quantitative estimate of drug-likeness (QED) is 0.910. The van der Waals surface area contributed by atoms with E-state index >= 15 is 0 Å². The number of likely N-dealkylation sites (N-methyl/N-ethyl adjacent to an activating group) is 1. The molecule has 0 saturated carbocycles. The highest BCUT2D eigenvalue weighted by molar-refractivity contribution is 7.09. The van der Waals surface area contributed by atoms with Crippen LogP contribution >= 0.6 is 23.7 Å². The van der Waals surface area contributed by atoms with Crippen molar-refractivity contribution in [2.75, 3.05) is 20.1 Å². The fourth-order valence-corrected chi connectivity index (χ4v) is 2.74. The number of aryl methyl sites for hydroxylation is 1. The van der Waals surface area contributed by atoms with Gasteiger partial charge in [-0.25, -0.2) is 0 Å². The number of amides is 1. The van der Waals surface area contributed by atoms with E-state index in [4.69, 9.17) is 0 Å². The molecule has 0 aromatic carbocycles. The largest absolute Gasteiger partial charge is 0.341 e. The molecule has 1 unspecified atom stereocenters. The Balaban J connectivity index is 0.00000144. The Morgan fingerprint density at radius 3 is 3.06 bits per heavy atom. The molecule has 0 radical (unpaired) electrons. The Morgan fingerprint density at radius 1 is 1.65 bits per heavy atom. The minimum absolute atomic E-state index is 0. The summed E-state index contributed by atoms with van der Waals surface area (Å²) in [5.74, 6) is 0.266. The van der Waals surface area contributed by atoms with E-state index in [2.05, 4.69) is 16.8 Å². The fourth-order valence-electron chi connectivity index (χ4n) is 2.03. The molecule has 1 fully saturated rings. The van der Waals surface area contributed by atoms with E-state index in [9.17, 15) is 4.79 Å². The molecular formula is C12H19ClN2OS. The molecule has 17 heavy (non-hydrogen) atoms. The van der Waals surface area contributed by atoms with Crippen molar-refractivity contribution in [1.29, 1.82) is 0 Å². The van der Waals surface area contributed by atoms with E-state index in [1.165, 1.54) is 4.88 Å². The SMILES string of the molecule is CN(C(=O)CCc1cccs1)C1CCNC1.Cl. The Labute approximate surface area is 113 Å². The molecule has 96 valence electrons. The average Bonchev–Trinajstić information content (AvgIpc) is 2.96. The lowest BCUT2D eigenvalue weighted by molar-refractivity contribution is -0.131. The first kappa shape index (κ1) is 14.5. The second-order valence-corrected chi connectivity index (χ2v) is 5.26. The van der Waals surface area contributed by atoms with Crippen LogP contribution in [0.2, 0.25) is 0 Å². The van der Waals surface area contributed by atoms with Crippen molar-refractivity contribution in [2.24, 2.45) is 0 Å². The van der Waals surface area contributed by atoms with Crippen molar-refractivity contribution in [1.82, 2.24) is 10.2 Å². The molecular weight excluding hydrogens is 256 g/mol. The number of hydrogen-bond acceptors (Lipinski definition) is 3. The summed E-state index contributed by atoms with van der Waals surface area (Å²) in [7, 11) is 1.93. The van der Waals surface area contributed by atoms with Crippen LogP contribution in [-0.2, 0) is 11.2 Å². The van der Waals surface area contributed by atoms with Crippen LogP contribution in [0.5, 0.6) is 0 Å². The molecule has 1 atom stereocenters. The third kappa shape index (κ3) is 3.98. The van der Waals surface area contributed by atoms with Gasteiger partial charge < -0.3 is 10.2 Å². The smallest absolute Gasteiger partial charge is 0.222 e. The van der Waals surface area contributed by atoms with Crippen molar-refractivity contribution < 1.29 is 4.79 Å². The molecule has 1 saturated heterocycles. The molecule has 0 aliphatic carbocycles. The predicted molar refractivity (Wildman–Crippen MR) is 73.9 cm³/mol. The molecule has 2 rings (SSSR count). The van der Waals surface area contributed by atoms with E-state index in [0.29, 0.717) is 12.5 Å². The van der Waals surface area contributed by atoms with E-state index in [1.807, 2.05) is 18.0 Å². The number of nitrogens with one attached hydrogen (secondary N) is 1. The van der Waals surface area contributed by atoms with Gasteiger partial charge in [0.05, 0.1) is 0 Å². The summed E-state index contributed by atoms with van der Waals surface area (Å²) in [5.41, 5.74) is 0. The number of carbonyl (C=O) groups is 1. The second kappa shape index (κ2) is 6.99. The van der Waals surface area contributed by atoms with Crippen molar-refractivity contribution >= 4 is 29.7 Å². The molecule has 1 aliphatic heterocycles. The van der Waals surface area contributed by atoms with E-state index in [1.54, 1.807) is 11.3 Å². The molecule has 1 aromatic rings. The summed E-state index contributed by atoms with van der Waals surface area (Å²) in [5, 5.41) is 5.35. The van der Waals surface area contributed by atoms with E-state index in [0.717, 1.165) is 25.9 Å². The summed E-state index contributed by atoms with van der Waals surface area (Å²) in [6, 6.07) is 4.53. The zero-order chi connectivity index (χ0) is 11.4. The number of halogens is 1. The van der Waals surface area contributed by atoms with Crippen LogP contribution in [-0.4, -0.2) is 37.0 Å². The molecule has 2 heterocycles. The summed E-state index contributed by atoms with van der Waals surface area (Å²) in [6.45, 7) is 1.98. The van der Waals surface area contributed by atoms with Gasteiger partial charge in [0.2, 0.25) is 5.91 Å². The van der Waals surface area contributed by atoms with Gasteiger partial charge in [0, 0.05) is 30.9 Å². The Kier molecular flexibility index (Phi) is 5.95. The molecule has 1 aliphatic rings. The van der Waals surface area contributed by atoms with Gasteiger partial charge in [0.15, 0.2) is 0 Å². The van der Waals surface area contributed by atoms with Gasteiger partial charge in [0.1, 0.15) is 0 Å². The van der Waals surface area contributed by atoms with Crippen molar-refractivity contribution in [2.45, 2.75) is 25.3 Å². The highest BCUT2D eigenvalue weighted by atomic mass is 35.5. The van der Waals surface area contributed by atoms with Crippen molar-refractivity contribution in [3.8, 4) is 0 Å². The fraction of sp³-hybridized carbons (Fsp3) is 0.583. The zero-order valence-electron chi connectivity index (χ0n) is 10.0. The Morgan fingerprint density at radius 2 is 2.47 bits per heavy atom. The van der Waals surface area contributed by atoms with Gasteiger partial charge >= 0.3 is 0 Å². The second-order valence-electron chi connectivity index (χ2n) is 4.23. The summed E-state index contributed by atoms with van der Waals surface area (Å²) in [6.07, 6.45) is 2.59. The maximum Gasteiger partial charge on any atom is 0.222 e. The van der Waals surface area contributed by atoms with Gasteiger partial charge in [-0.05, 0) is 30.8 Å². The summed E-state index contributed by atoms with van der Waals surface area (Å²) >= 11 is 1.73. The van der Waals surface area contributed by atoms with Gasteiger partial charge in [0.25, 0.3) is 0 Å². The normalized spacial score (nSPS) is 18.8. The Hall–Kier alpha value is -0.580. The first-order valence-electron chi connectivity index (χ1n) is 5.76. The number of rotatable bonds is 4. The Bertz CT molecular complexity index is 336. The summed E-state index contributed by atoms with van der Waals surface area (Å²) < 4.78 is 0. The van der Waals surface area contributed by atoms with Crippen molar-refractivity contribution in [3.05, 3.63) is 22.4 Å². The lowest BCUT2D eigenvalue weighted by Gasteiger charge is -2.23. The lowest BCUT2D eigenvalue weighted by Crippen LogP contribution is -2.38. The molecule has 0 bridgehead atoms. The van der Waals surface area contributed by atoms with Crippen LogP contribution < -0.4 is 5.32 Å². The number of hydrogen-bond donors (Lipinski definition) is 1. The maximum absolute atomic E-state index is 11.9. The predicted octanol–water partition coefficient (Wildman–Crippen LogP) is 1.92.